The predicted molar refractivity (Wildman–Crippen MR) is 95.0 cm³/mol. The lowest BCUT2D eigenvalue weighted by Gasteiger charge is -2.31. The fraction of sp³-hybridized carbons (Fsp3) is 0.375. The van der Waals surface area contributed by atoms with Crippen molar-refractivity contribution in [3.05, 3.63) is 41.8 Å². The van der Waals surface area contributed by atoms with E-state index in [1.54, 1.807) is 32.1 Å². The summed E-state index contributed by atoms with van der Waals surface area (Å²) in [6, 6.07) is 0.691. The van der Waals surface area contributed by atoms with Crippen LogP contribution in [0.25, 0.3) is 0 Å². The van der Waals surface area contributed by atoms with Crippen molar-refractivity contribution >= 4 is 28.0 Å². The largest absolute Gasteiger partial charge is 0.481 e. The Balaban J connectivity index is 2.10. The van der Waals surface area contributed by atoms with Crippen LogP contribution in [0.2, 0.25) is 0 Å². The lowest BCUT2D eigenvalue weighted by atomic mass is 9.76. The van der Waals surface area contributed by atoms with Crippen LogP contribution < -0.4 is 10.0 Å². The molecule has 10 heteroatoms. The smallest absolute Gasteiger partial charge is 0.335 e. The number of aliphatic carboxylic acids is 1. The molecule has 0 radical (unpaired) electrons. The second kappa shape index (κ2) is 7.24. The van der Waals surface area contributed by atoms with E-state index in [2.05, 4.69) is 15.3 Å². The van der Waals surface area contributed by atoms with Crippen molar-refractivity contribution in [2.75, 3.05) is 11.1 Å². The van der Waals surface area contributed by atoms with Gasteiger partial charge in [0, 0.05) is 16.8 Å². The molecular weight excluding hydrogens is 360 g/mol. The van der Waals surface area contributed by atoms with Crippen LogP contribution in [-0.2, 0) is 14.8 Å². The highest BCUT2D eigenvalue weighted by Gasteiger charge is 2.40. The Hall–Kier alpha value is -2.75. The van der Waals surface area contributed by atoms with Crippen molar-refractivity contribution in [3.63, 3.8) is 0 Å². The Morgan fingerprint density at radius 3 is 2.42 bits per heavy atom. The van der Waals surface area contributed by atoms with Gasteiger partial charge in [-0.25, -0.2) is 27.9 Å². The molecule has 0 fully saturated rings. The molecule has 3 N–H and O–H groups in total. The van der Waals surface area contributed by atoms with E-state index >= 15 is 0 Å². The summed E-state index contributed by atoms with van der Waals surface area (Å²) >= 11 is 0. The topological polar surface area (TPSA) is 138 Å². The summed E-state index contributed by atoms with van der Waals surface area (Å²) in [6.07, 6.45) is 6.06. The van der Waals surface area contributed by atoms with Gasteiger partial charge in [-0.2, -0.15) is 0 Å². The zero-order valence-electron chi connectivity index (χ0n) is 14.6. The molecular formula is C16H20N4O5S. The minimum absolute atomic E-state index is 0.0229. The SMILES string of the molecule is Cc1cc(C)nc(NC(=O)NS(=O)(=O)CC2(C)C=CC=CC2C(=O)O)n1. The standard InChI is InChI=1S/C16H20N4O5S/c1-10-8-11(2)18-14(17-10)19-15(23)20-26(24,25)9-16(3)7-5-4-6-12(16)13(21)22/h4-8,12H,9H2,1-3H3,(H,21,22)(H2,17,18,19,20,23). The summed E-state index contributed by atoms with van der Waals surface area (Å²) in [5.41, 5.74) is 0.0431. The minimum atomic E-state index is -4.11. The van der Waals surface area contributed by atoms with E-state index in [0.29, 0.717) is 11.4 Å². The van der Waals surface area contributed by atoms with Crippen LogP contribution in [0.3, 0.4) is 0 Å². The van der Waals surface area contributed by atoms with Gasteiger partial charge in [0.25, 0.3) is 0 Å². The second-order valence-electron chi connectivity index (χ2n) is 6.36. The van der Waals surface area contributed by atoms with Gasteiger partial charge >= 0.3 is 12.0 Å². The second-order valence-corrected chi connectivity index (χ2v) is 8.08. The van der Waals surface area contributed by atoms with Crippen LogP contribution in [0.1, 0.15) is 18.3 Å². The summed E-state index contributed by atoms with van der Waals surface area (Å²) in [5.74, 6) is -2.75. The number of carbonyl (C=O) groups excluding carboxylic acids is 1. The van der Waals surface area contributed by atoms with Gasteiger partial charge in [-0.15, -0.1) is 0 Å². The number of carboxylic acid groups (broad SMARTS) is 1. The Bertz CT molecular complexity index is 874. The third kappa shape index (κ3) is 4.88. The zero-order chi connectivity index (χ0) is 19.5. The average Bonchev–Trinajstić information content (AvgIpc) is 2.43. The van der Waals surface area contributed by atoms with Gasteiger partial charge in [0.05, 0.1) is 11.7 Å². The molecule has 0 bridgehead atoms. The number of rotatable bonds is 5. The van der Waals surface area contributed by atoms with Gasteiger partial charge in [-0.3, -0.25) is 10.1 Å². The number of hydrogen-bond donors (Lipinski definition) is 3. The quantitative estimate of drug-likeness (QED) is 0.701. The Morgan fingerprint density at radius 2 is 1.85 bits per heavy atom. The lowest BCUT2D eigenvalue weighted by Crippen LogP contribution is -2.44. The van der Waals surface area contributed by atoms with E-state index in [1.165, 1.54) is 19.1 Å². The van der Waals surface area contributed by atoms with Crippen molar-refractivity contribution in [3.8, 4) is 0 Å². The van der Waals surface area contributed by atoms with E-state index in [1.807, 2.05) is 4.72 Å². The highest BCUT2D eigenvalue weighted by atomic mass is 32.2. The number of amides is 2. The van der Waals surface area contributed by atoms with Crippen LogP contribution in [0.15, 0.2) is 30.4 Å². The Morgan fingerprint density at radius 1 is 1.23 bits per heavy atom. The van der Waals surface area contributed by atoms with E-state index in [9.17, 15) is 23.1 Å². The highest BCUT2D eigenvalue weighted by molar-refractivity contribution is 7.90. The summed E-state index contributed by atoms with van der Waals surface area (Å²) in [6.45, 7) is 4.94. The van der Waals surface area contributed by atoms with Crippen molar-refractivity contribution < 1.29 is 23.1 Å². The van der Waals surface area contributed by atoms with Crippen LogP contribution in [0.5, 0.6) is 0 Å². The highest BCUT2D eigenvalue weighted by Crippen LogP contribution is 2.34. The van der Waals surface area contributed by atoms with Gasteiger partial charge in [0.15, 0.2) is 0 Å². The van der Waals surface area contributed by atoms with Crippen molar-refractivity contribution in [2.24, 2.45) is 11.3 Å². The lowest BCUT2D eigenvalue weighted by molar-refractivity contribution is -0.142. The first-order chi connectivity index (χ1) is 12.0. The summed E-state index contributed by atoms with van der Waals surface area (Å²) in [7, 11) is -4.11. The molecule has 2 unspecified atom stereocenters. The number of nitrogens with zero attached hydrogens (tertiary/aromatic N) is 2. The fourth-order valence-corrected chi connectivity index (χ4v) is 4.27. The van der Waals surface area contributed by atoms with E-state index < -0.39 is 39.1 Å². The normalized spacial score (nSPS) is 22.0. The average molecular weight is 380 g/mol. The van der Waals surface area contributed by atoms with Gasteiger partial charge in [-0.05, 0) is 19.9 Å². The van der Waals surface area contributed by atoms with Crippen molar-refractivity contribution in [1.29, 1.82) is 0 Å². The van der Waals surface area contributed by atoms with Gasteiger partial charge in [-0.1, -0.05) is 31.2 Å². The van der Waals surface area contributed by atoms with Crippen LogP contribution in [-0.4, -0.2) is 41.2 Å². The molecule has 140 valence electrons. The number of allylic oxidation sites excluding steroid dienone is 3. The molecule has 0 aromatic carbocycles. The number of carbonyl (C=O) groups is 2. The van der Waals surface area contributed by atoms with Crippen LogP contribution in [0, 0.1) is 25.2 Å². The monoisotopic (exact) mass is 380 g/mol. The molecule has 2 atom stereocenters. The van der Waals surface area contributed by atoms with Crippen LogP contribution >= 0.6 is 0 Å². The molecule has 26 heavy (non-hydrogen) atoms. The number of aromatic nitrogens is 2. The molecule has 1 aromatic rings. The maximum atomic E-state index is 12.3. The number of aryl methyl sites for hydroxylation is 2. The third-order valence-electron chi connectivity index (χ3n) is 3.83. The van der Waals surface area contributed by atoms with E-state index in [4.69, 9.17) is 0 Å². The Labute approximate surface area is 151 Å². The van der Waals surface area contributed by atoms with Crippen molar-refractivity contribution in [1.82, 2.24) is 14.7 Å². The zero-order valence-corrected chi connectivity index (χ0v) is 15.4. The molecule has 1 aliphatic rings. The fourth-order valence-electron chi connectivity index (χ4n) is 2.77. The molecule has 0 saturated carbocycles. The first-order valence-corrected chi connectivity index (χ1v) is 9.38. The summed E-state index contributed by atoms with van der Waals surface area (Å²) in [5, 5.41) is 11.6. The number of carboxylic acids is 1. The third-order valence-corrected chi connectivity index (χ3v) is 5.32. The number of urea groups is 1. The van der Waals surface area contributed by atoms with Gasteiger partial charge in [0.1, 0.15) is 0 Å². The molecule has 1 aliphatic carbocycles. The van der Waals surface area contributed by atoms with E-state index in [0.717, 1.165) is 0 Å². The van der Waals surface area contributed by atoms with Gasteiger partial charge in [0.2, 0.25) is 16.0 Å². The van der Waals surface area contributed by atoms with E-state index in [-0.39, 0.29) is 5.95 Å². The molecule has 1 heterocycles. The first kappa shape index (κ1) is 19.6. The number of sulfonamides is 1. The van der Waals surface area contributed by atoms with Gasteiger partial charge < -0.3 is 5.11 Å². The molecule has 0 saturated heterocycles. The number of anilines is 1. The number of nitrogens with one attached hydrogen (secondary N) is 2. The molecule has 2 amide bonds. The first-order valence-electron chi connectivity index (χ1n) is 7.73. The van der Waals surface area contributed by atoms with Crippen molar-refractivity contribution in [2.45, 2.75) is 20.8 Å². The summed E-state index contributed by atoms with van der Waals surface area (Å²) < 4.78 is 26.6. The molecule has 0 spiro atoms. The Kier molecular flexibility index (Phi) is 5.45. The molecule has 9 nitrogen and oxygen atoms in total. The number of hydrogen-bond acceptors (Lipinski definition) is 6. The predicted octanol–water partition coefficient (Wildman–Crippen LogP) is 1.38. The molecule has 2 rings (SSSR count). The maximum Gasteiger partial charge on any atom is 0.335 e. The molecule has 1 aromatic heterocycles. The maximum absolute atomic E-state index is 12.3. The minimum Gasteiger partial charge on any atom is -0.481 e. The van der Waals surface area contributed by atoms with Crippen LogP contribution in [0.4, 0.5) is 10.7 Å². The molecule has 0 aliphatic heterocycles. The summed E-state index contributed by atoms with van der Waals surface area (Å²) in [4.78, 5) is 31.4.